The van der Waals surface area contributed by atoms with E-state index in [0.717, 1.165) is 49.5 Å². The first kappa shape index (κ1) is 10.6. The zero-order chi connectivity index (χ0) is 11.7. The van der Waals surface area contributed by atoms with Crippen LogP contribution < -0.4 is 10.1 Å². The van der Waals surface area contributed by atoms with Gasteiger partial charge in [0.25, 0.3) is 5.91 Å². The molecule has 1 N–H and O–H groups in total. The van der Waals surface area contributed by atoms with Gasteiger partial charge in [-0.2, -0.15) is 0 Å². The number of nitrogens with one attached hydrogen (secondary N) is 1. The number of para-hydroxylation sites is 1. The SMILES string of the molecule is O=C(c1cccc2c1OCC2)N1CCNCC1. The van der Waals surface area contributed by atoms with Crippen molar-refractivity contribution >= 4 is 5.91 Å². The summed E-state index contributed by atoms with van der Waals surface area (Å²) in [4.78, 5) is 14.3. The van der Waals surface area contributed by atoms with Crippen molar-refractivity contribution in [3.63, 3.8) is 0 Å². The van der Waals surface area contributed by atoms with Gasteiger partial charge in [0.05, 0.1) is 12.2 Å². The number of hydrogen-bond donors (Lipinski definition) is 1. The maximum atomic E-state index is 12.4. The minimum Gasteiger partial charge on any atom is -0.492 e. The standard InChI is InChI=1S/C13H16N2O2/c16-13(15-7-5-14-6-8-15)11-3-1-2-10-4-9-17-12(10)11/h1-3,14H,4-9H2. The lowest BCUT2D eigenvalue weighted by molar-refractivity contribution is 0.0732. The Hall–Kier alpha value is -1.55. The van der Waals surface area contributed by atoms with Crippen molar-refractivity contribution in [2.24, 2.45) is 0 Å². The molecule has 0 radical (unpaired) electrons. The van der Waals surface area contributed by atoms with E-state index in [-0.39, 0.29) is 5.91 Å². The Bertz CT molecular complexity index is 439. The van der Waals surface area contributed by atoms with Crippen LogP contribution in [0.2, 0.25) is 0 Å². The zero-order valence-electron chi connectivity index (χ0n) is 9.74. The van der Waals surface area contributed by atoms with E-state index < -0.39 is 0 Å². The van der Waals surface area contributed by atoms with Gasteiger partial charge in [-0.3, -0.25) is 4.79 Å². The van der Waals surface area contributed by atoms with Crippen LogP contribution in [0.4, 0.5) is 0 Å². The molecule has 0 atom stereocenters. The molecule has 1 amide bonds. The third kappa shape index (κ3) is 1.89. The molecule has 0 saturated carbocycles. The number of amides is 1. The average Bonchev–Trinajstić information content (AvgIpc) is 2.87. The minimum atomic E-state index is 0.102. The van der Waals surface area contributed by atoms with Crippen LogP contribution in [0.15, 0.2) is 18.2 Å². The third-order valence-electron chi connectivity index (χ3n) is 3.35. The molecular weight excluding hydrogens is 216 g/mol. The number of ether oxygens (including phenoxy) is 1. The highest BCUT2D eigenvalue weighted by Gasteiger charge is 2.24. The lowest BCUT2D eigenvalue weighted by Gasteiger charge is -2.27. The van der Waals surface area contributed by atoms with Gasteiger partial charge in [-0.25, -0.2) is 0 Å². The van der Waals surface area contributed by atoms with Crippen molar-refractivity contribution in [3.05, 3.63) is 29.3 Å². The van der Waals surface area contributed by atoms with Gasteiger partial charge < -0.3 is 15.0 Å². The Labute approximate surface area is 101 Å². The number of carbonyl (C=O) groups excluding carboxylic acids is 1. The van der Waals surface area contributed by atoms with Gasteiger partial charge in [0, 0.05) is 32.6 Å². The van der Waals surface area contributed by atoms with Crippen molar-refractivity contribution in [1.29, 1.82) is 0 Å². The molecule has 1 aromatic rings. The zero-order valence-corrected chi connectivity index (χ0v) is 9.74. The lowest BCUT2D eigenvalue weighted by atomic mass is 10.1. The summed E-state index contributed by atoms with van der Waals surface area (Å²) in [5, 5.41) is 3.25. The molecule has 3 rings (SSSR count). The molecule has 0 aliphatic carbocycles. The van der Waals surface area contributed by atoms with E-state index in [0.29, 0.717) is 6.61 Å². The second kappa shape index (κ2) is 4.37. The first-order chi connectivity index (χ1) is 8.36. The molecule has 1 aromatic carbocycles. The van der Waals surface area contributed by atoms with Gasteiger partial charge in [-0.15, -0.1) is 0 Å². The highest BCUT2D eigenvalue weighted by atomic mass is 16.5. The van der Waals surface area contributed by atoms with Crippen molar-refractivity contribution in [2.75, 3.05) is 32.8 Å². The summed E-state index contributed by atoms with van der Waals surface area (Å²) in [7, 11) is 0. The van der Waals surface area contributed by atoms with Crippen molar-refractivity contribution in [1.82, 2.24) is 10.2 Å². The molecule has 4 nitrogen and oxygen atoms in total. The van der Waals surface area contributed by atoms with E-state index in [1.807, 2.05) is 23.1 Å². The number of benzene rings is 1. The molecule has 2 aliphatic rings. The Kier molecular flexibility index (Phi) is 2.73. The minimum absolute atomic E-state index is 0.102. The van der Waals surface area contributed by atoms with Crippen molar-refractivity contribution in [2.45, 2.75) is 6.42 Å². The normalized spacial score (nSPS) is 18.7. The van der Waals surface area contributed by atoms with Gasteiger partial charge >= 0.3 is 0 Å². The summed E-state index contributed by atoms with van der Waals surface area (Å²) in [5.74, 6) is 0.904. The van der Waals surface area contributed by atoms with Crippen LogP contribution in [-0.4, -0.2) is 43.6 Å². The predicted molar refractivity (Wildman–Crippen MR) is 64.4 cm³/mol. The van der Waals surface area contributed by atoms with Gasteiger partial charge in [0.15, 0.2) is 0 Å². The fraction of sp³-hybridized carbons (Fsp3) is 0.462. The van der Waals surface area contributed by atoms with Crippen LogP contribution in [0.25, 0.3) is 0 Å². The summed E-state index contributed by atoms with van der Waals surface area (Å²) in [5.41, 5.74) is 1.88. The smallest absolute Gasteiger partial charge is 0.257 e. The monoisotopic (exact) mass is 232 g/mol. The van der Waals surface area contributed by atoms with Gasteiger partial charge in [-0.1, -0.05) is 12.1 Å². The largest absolute Gasteiger partial charge is 0.492 e. The molecule has 0 bridgehead atoms. The fourth-order valence-corrected chi connectivity index (χ4v) is 2.42. The van der Waals surface area contributed by atoms with Crippen LogP contribution in [0.3, 0.4) is 0 Å². The Morgan fingerprint density at radius 1 is 1.29 bits per heavy atom. The molecule has 4 heteroatoms. The van der Waals surface area contributed by atoms with Crippen LogP contribution in [0.5, 0.6) is 5.75 Å². The molecule has 1 fully saturated rings. The van der Waals surface area contributed by atoms with E-state index in [2.05, 4.69) is 5.32 Å². The summed E-state index contributed by atoms with van der Waals surface area (Å²) >= 11 is 0. The Morgan fingerprint density at radius 3 is 2.94 bits per heavy atom. The van der Waals surface area contributed by atoms with Crippen LogP contribution in [-0.2, 0) is 6.42 Å². The van der Waals surface area contributed by atoms with E-state index >= 15 is 0 Å². The maximum absolute atomic E-state index is 12.4. The quantitative estimate of drug-likeness (QED) is 0.773. The highest BCUT2D eigenvalue weighted by Crippen LogP contribution is 2.30. The van der Waals surface area contributed by atoms with Gasteiger partial charge in [0.2, 0.25) is 0 Å². The van der Waals surface area contributed by atoms with Crippen LogP contribution in [0.1, 0.15) is 15.9 Å². The predicted octanol–water partition coefficient (Wildman–Crippen LogP) is 0.667. The molecule has 17 heavy (non-hydrogen) atoms. The molecule has 0 aromatic heterocycles. The summed E-state index contributed by atoms with van der Waals surface area (Å²) in [6.07, 6.45) is 0.915. The van der Waals surface area contributed by atoms with Gasteiger partial charge in [-0.05, 0) is 11.6 Å². The molecule has 0 unspecified atom stereocenters. The number of hydrogen-bond acceptors (Lipinski definition) is 3. The first-order valence-electron chi connectivity index (χ1n) is 6.11. The highest BCUT2D eigenvalue weighted by molar-refractivity contribution is 5.97. The van der Waals surface area contributed by atoms with E-state index in [4.69, 9.17) is 4.74 Å². The molecule has 0 spiro atoms. The number of fused-ring (bicyclic) bond motifs is 1. The van der Waals surface area contributed by atoms with Gasteiger partial charge in [0.1, 0.15) is 5.75 Å². The van der Waals surface area contributed by atoms with E-state index in [1.54, 1.807) is 0 Å². The summed E-state index contributed by atoms with van der Waals surface area (Å²) in [6, 6.07) is 5.86. The molecule has 90 valence electrons. The van der Waals surface area contributed by atoms with E-state index in [1.165, 1.54) is 0 Å². The lowest BCUT2D eigenvalue weighted by Crippen LogP contribution is -2.46. The average molecular weight is 232 g/mol. The number of nitrogens with zero attached hydrogens (tertiary/aromatic N) is 1. The van der Waals surface area contributed by atoms with E-state index in [9.17, 15) is 4.79 Å². The topological polar surface area (TPSA) is 41.6 Å². The number of piperazine rings is 1. The summed E-state index contributed by atoms with van der Waals surface area (Å²) in [6.45, 7) is 4.01. The maximum Gasteiger partial charge on any atom is 0.257 e. The summed E-state index contributed by atoms with van der Waals surface area (Å²) < 4.78 is 5.58. The third-order valence-corrected chi connectivity index (χ3v) is 3.35. The fourth-order valence-electron chi connectivity index (χ4n) is 2.42. The molecular formula is C13H16N2O2. The number of carbonyl (C=O) groups is 1. The molecule has 2 aliphatic heterocycles. The van der Waals surface area contributed by atoms with Crippen LogP contribution in [0, 0.1) is 0 Å². The van der Waals surface area contributed by atoms with Crippen LogP contribution >= 0.6 is 0 Å². The Balaban J connectivity index is 1.88. The molecule has 2 heterocycles. The number of rotatable bonds is 1. The van der Waals surface area contributed by atoms with Crippen molar-refractivity contribution < 1.29 is 9.53 Å². The van der Waals surface area contributed by atoms with Crippen molar-refractivity contribution in [3.8, 4) is 5.75 Å². The second-order valence-electron chi connectivity index (χ2n) is 4.43. The second-order valence-corrected chi connectivity index (χ2v) is 4.43. The molecule has 1 saturated heterocycles. The Morgan fingerprint density at radius 2 is 2.12 bits per heavy atom. The first-order valence-corrected chi connectivity index (χ1v) is 6.11.